The van der Waals surface area contributed by atoms with Crippen molar-refractivity contribution in [3.63, 3.8) is 0 Å². The van der Waals surface area contributed by atoms with E-state index in [4.69, 9.17) is 4.98 Å². The Morgan fingerprint density at radius 1 is 1.25 bits per heavy atom. The Bertz CT molecular complexity index is 593. The first-order valence-electron chi connectivity index (χ1n) is 7.61. The first-order valence-corrected chi connectivity index (χ1v) is 7.61. The largest absolute Gasteiger partial charge is 0.311 e. The van der Waals surface area contributed by atoms with E-state index in [1.165, 1.54) is 28.5 Å². The van der Waals surface area contributed by atoms with E-state index in [1.54, 1.807) is 0 Å². The monoisotopic (exact) mass is 269 g/mol. The van der Waals surface area contributed by atoms with Crippen LogP contribution in [0.3, 0.4) is 0 Å². The summed E-state index contributed by atoms with van der Waals surface area (Å²) in [7, 11) is 0. The highest BCUT2D eigenvalue weighted by Gasteiger charge is 2.22. The molecule has 3 heteroatoms. The van der Waals surface area contributed by atoms with Crippen LogP contribution in [0.25, 0.3) is 5.69 Å². The van der Waals surface area contributed by atoms with E-state index in [0.29, 0.717) is 5.92 Å². The van der Waals surface area contributed by atoms with Crippen molar-refractivity contribution in [3.8, 4) is 5.69 Å². The molecule has 0 bridgehead atoms. The molecule has 0 atom stereocenters. The van der Waals surface area contributed by atoms with Gasteiger partial charge in [-0.25, -0.2) is 4.98 Å². The number of aromatic nitrogens is 2. The van der Waals surface area contributed by atoms with Gasteiger partial charge in [0.05, 0.1) is 5.69 Å². The molecule has 3 nitrogen and oxygen atoms in total. The minimum atomic E-state index is 0.437. The Morgan fingerprint density at radius 3 is 2.65 bits per heavy atom. The number of nitrogens with one attached hydrogen (secondary N) is 1. The van der Waals surface area contributed by atoms with Gasteiger partial charge in [-0.2, -0.15) is 0 Å². The van der Waals surface area contributed by atoms with Crippen LogP contribution in [0.5, 0.6) is 0 Å². The lowest BCUT2D eigenvalue weighted by atomic mass is 10.1. The fourth-order valence-corrected chi connectivity index (χ4v) is 2.89. The minimum absolute atomic E-state index is 0.437. The number of nitrogens with zero attached hydrogens (tertiary/aromatic N) is 2. The predicted molar refractivity (Wildman–Crippen MR) is 82.4 cm³/mol. The first kappa shape index (κ1) is 13.4. The smallest absolute Gasteiger partial charge is 0.116 e. The summed E-state index contributed by atoms with van der Waals surface area (Å²) in [4.78, 5) is 4.87. The van der Waals surface area contributed by atoms with Crippen molar-refractivity contribution in [2.24, 2.45) is 0 Å². The Labute approximate surface area is 121 Å². The van der Waals surface area contributed by atoms with Crippen LogP contribution in [0.15, 0.2) is 24.3 Å². The normalized spacial score (nSPS) is 14.6. The van der Waals surface area contributed by atoms with Gasteiger partial charge in [-0.15, -0.1) is 0 Å². The lowest BCUT2D eigenvalue weighted by molar-refractivity contribution is 0.619. The summed E-state index contributed by atoms with van der Waals surface area (Å²) >= 11 is 0. The average Bonchev–Trinajstić information content (AvgIpc) is 2.87. The van der Waals surface area contributed by atoms with E-state index in [-0.39, 0.29) is 0 Å². The summed E-state index contributed by atoms with van der Waals surface area (Å²) in [5.74, 6) is 1.62. The number of hydrogen-bond acceptors (Lipinski definition) is 2. The predicted octanol–water partition coefficient (Wildman–Crippen LogP) is 3.20. The summed E-state index contributed by atoms with van der Waals surface area (Å²) in [6.45, 7) is 8.58. The van der Waals surface area contributed by atoms with Crippen LogP contribution in [-0.4, -0.2) is 16.1 Å². The number of benzene rings is 1. The molecule has 0 fully saturated rings. The van der Waals surface area contributed by atoms with E-state index in [1.807, 2.05) is 0 Å². The molecule has 0 spiro atoms. The fourth-order valence-electron chi connectivity index (χ4n) is 2.89. The maximum atomic E-state index is 4.87. The molecule has 3 rings (SSSR count). The van der Waals surface area contributed by atoms with E-state index in [0.717, 1.165) is 25.9 Å². The molecule has 1 aliphatic rings. The van der Waals surface area contributed by atoms with Crippen molar-refractivity contribution in [2.45, 2.75) is 46.1 Å². The number of fused-ring (bicyclic) bond motifs is 1. The second-order valence-corrected chi connectivity index (χ2v) is 5.80. The van der Waals surface area contributed by atoms with Gasteiger partial charge in [0.2, 0.25) is 0 Å². The molecule has 0 unspecified atom stereocenters. The van der Waals surface area contributed by atoms with Gasteiger partial charge in [-0.1, -0.05) is 32.9 Å². The SMILES string of the molecule is CCc1ccc(-n2c(C(C)C)nc3c2CCNC3)cc1. The Kier molecular flexibility index (Phi) is 3.62. The summed E-state index contributed by atoms with van der Waals surface area (Å²) in [6, 6.07) is 8.92. The summed E-state index contributed by atoms with van der Waals surface area (Å²) in [6.07, 6.45) is 2.15. The van der Waals surface area contributed by atoms with Crippen LogP contribution < -0.4 is 5.32 Å². The minimum Gasteiger partial charge on any atom is -0.311 e. The molecule has 0 saturated heterocycles. The highest BCUT2D eigenvalue weighted by molar-refractivity contribution is 5.41. The van der Waals surface area contributed by atoms with Crippen LogP contribution in [0.2, 0.25) is 0 Å². The quantitative estimate of drug-likeness (QED) is 0.927. The van der Waals surface area contributed by atoms with Crippen molar-refractivity contribution in [1.82, 2.24) is 14.9 Å². The zero-order valence-electron chi connectivity index (χ0n) is 12.6. The third kappa shape index (κ3) is 2.27. The number of rotatable bonds is 3. The Hall–Kier alpha value is -1.61. The van der Waals surface area contributed by atoms with Gasteiger partial charge in [-0.3, -0.25) is 0 Å². The second-order valence-electron chi connectivity index (χ2n) is 5.80. The van der Waals surface area contributed by atoms with E-state index in [9.17, 15) is 0 Å². The molecule has 106 valence electrons. The summed E-state index contributed by atoms with van der Waals surface area (Å²) in [5, 5.41) is 3.41. The lowest BCUT2D eigenvalue weighted by Crippen LogP contribution is -2.24. The fraction of sp³-hybridized carbons (Fsp3) is 0.471. The zero-order valence-corrected chi connectivity index (χ0v) is 12.6. The maximum absolute atomic E-state index is 4.87. The molecule has 2 heterocycles. The van der Waals surface area contributed by atoms with Gasteiger partial charge in [-0.05, 0) is 24.1 Å². The molecule has 1 aromatic heterocycles. The number of aryl methyl sites for hydroxylation is 1. The second kappa shape index (κ2) is 5.41. The van der Waals surface area contributed by atoms with Crippen molar-refractivity contribution in [2.75, 3.05) is 6.54 Å². The van der Waals surface area contributed by atoms with Crippen LogP contribution >= 0.6 is 0 Å². The molecule has 1 N–H and O–H groups in total. The van der Waals surface area contributed by atoms with Crippen LogP contribution in [0.4, 0.5) is 0 Å². The zero-order chi connectivity index (χ0) is 14.1. The molecule has 0 aliphatic carbocycles. The van der Waals surface area contributed by atoms with Gasteiger partial charge < -0.3 is 9.88 Å². The number of imidazole rings is 1. The van der Waals surface area contributed by atoms with Gasteiger partial charge in [0.1, 0.15) is 5.82 Å². The van der Waals surface area contributed by atoms with Crippen molar-refractivity contribution < 1.29 is 0 Å². The average molecular weight is 269 g/mol. The van der Waals surface area contributed by atoms with Crippen LogP contribution in [-0.2, 0) is 19.4 Å². The highest BCUT2D eigenvalue weighted by atomic mass is 15.1. The summed E-state index contributed by atoms with van der Waals surface area (Å²) < 4.78 is 2.38. The third-order valence-corrected chi connectivity index (χ3v) is 4.03. The van der Waals surface area contributed by atoms with E-state index < -0.39 is 0 Å². The molecule has 20 heavy (non-hydrogen) atoms. The standard InChI is InChI=1S/C17H23N3/c1-4-13-5-7-14(8-6-13)20-16-9-10-18-11-15(16)19-17(20)12(2)3/h5-8,12,18H,4,9-11H2,1-3H3. The summed E-state index contributed by atoms with van der Waals surface area (Å²) in [5.41, 5.74) is 5.24. The number of hydrogen-bond donors (Lipinski definition) is 1. The molecular formula is C17H23N3. The molecule has 0 saturated carbocycles. The molecule has 0 amide bonds. The molecule has 1 aromatic carbocycles. The van der Waals surface area contributed by atoms with Gasteiger partial charge in [0.15, 0.2) is 0 Å². The molecule has 2 aromatic rings. The van der Waals surface area contributed by atoms with Gasteiger partial charge in [0.25, 0.3) is 0 Å². The van der Waals surface area contributed by atoms with Gasteiger partial charge >= 0.3 is 0 Å². The van der Waals surface area contributed by atoms with E-state index >= 15 is 0 Å². The molecule has 1 aliphatic heterocycles. The third-order valence-electron chi connectivity index (χ3n) is 4.03. The van der Waals surface area contributed by atoms with Crippen molar-refractivity contribution in [3.05, 3.63) is 47.0 Å². The Morgan fingerprint density at radius 2 is 2.00 bits per heavy atom. The van der Waals surface area contributed by atoms with E-state index in [2.05, 4.69) is 54.9 Å². The van der Waals surface area contributed by atoms with Gasteiger partial charge in [0, 0.05) is 36.8 Å². The molecular weight excluding hydrogens is 246 g/mol. The van der Waals surface area contributed by atoms with Crippen molar-refractivity contribution in [1.29, 1.82) is 0 Å². The highest BCUT2D eigenvalue weighted by Crippen LogP contribution is 2.26. The molecule has 0 radical (unpaired) electrons. The van der Waals surface area contributed by atoms with Crippen LogP contribution in [0, 0.1) is 0 Å². The maximum Gasteiger partial charge on any atom is 0.116 e. The Balaban J connectivity index is 2.12. The van der Waals surface area contributed by atoms with Crippen LogP contribution in [0.1, 0.15) is 49.5 Å². The topological polar surface area (TPSA) is 29.9 Å². The van der Waals surface area contributed by atoms with Crippen molar-refractivity contribution >= 4 is 0 Å². The first-order chi connectivity index (χ1) is 9.70. The lowest BCUT2D eigenvalue weighted by Gasteiger charge is -2.17.